The van der Waals surface area contributed by atoms with E-state index in [-0.39, 0.29) is 5.92 Å². The van der Waals surface area contributed by atoms with Crippen LogP contribution in [-0.2, 0) is 17.6 Å². The highest BCUT2D eigenvalue weighted by Crippen LogP contribution is 2.39. The molecule has 1 aliphatic carbocycles. The smallest absolute Gasteiger partial charge is 0.339 e. The maximum absolute atomic E-state index is 12.4. The van der Waals surface area contributed by atoms with Gasteiger partial charge in [-0.25, -0.2) is 9.79 Å². The fraction of sp³-hybridized carbons (Fsp3) is 0.320. The lowest BCUT2D eigenvalue weighted by Gasteiger charge is -2.09. The molecule has 1 aliphatic rings. The van der Waals surface area contributed by atoms with E-state index in [1.165, 1.54) is 4.88 Å². The molecule has 0 radical (unpaired) electrons. The standard InChI is InChI=1S/C25H23ClN2O3S/c1-15(2)14-30-25(29)19-11-16(7-9-21(19)26)22-10-8-17(31-22)13-28-24-20(12-27)18-5-3-4-6-23(18)32-24/h7-11,13,15H,3-6,14H2,1-2H3. The van der Waals surface area contributed by atoms with Crippen LogP contribution in [0, 0.1) is 17.2 Å². The number of carbonyl (C=O) groups is 1. The quantitative estimate of drug-likeness (QED) is 0.290. The number of benzene rings is 1. The van der Waals surface area contributed by atoms with Crippen molar-refractivity contribution in [2.24, 2.45) is 10.9 Å². The van der Waals surface area contributed by atoms with Crippen molar-refractivity contribution < 1.29 is 13.9 Å². The summed E-state index contributed by atoms with van der Waals surface area (Å²) in [6.07, 6.45) is 5.89. The van der Waals surface area contributed by atoms with E-state index < -0.39 is 5.97 Å². The van der Waals surface area contributed by atoms with Gasteiger partial charge in [-0.05, 0) is 67.5 Å². The van der Waals surface area contributed by atoms with Crippen LogP contribution in [0.2, 0.25) is 5.02 Å². The van der Waals surface area contributed by atoms with Gasteiger partial charge in [0.05, 0.1) is 29.0 Å². The molecule has 4 rings (SSSR count). The van der Waals surface area contributed by atoms with Gasteiger partial charge in [0.1, 0.15) is 22.6 Å². The molecule has 1 aromatic carbocycles. The molecule has 0 atom stereocenters. The normalized spacial score (nSPS) is 13.3. The van der Waals surface area contributed by atoms with Gasteiger partial charge in [-0.2, -0.15) is 5.26 Å². The Labute approximate surface area is 196 Å². The zero-order valence-corrected chi connectivity index (χ0v) is 19.6. The molecular formula is C25H23ClN2O3S. The van der Waals surface area contributed by atoms with Gasteiger partial charge in [0, 0.05) is 10.4 Å². The molecule has 0 N–H and O–H groups in total. The maximum atomic E-state index is 12.4. The molecule has 0 saturated heterocycles. The minimum Gasteiger partial charge on any atom is -0.462 e. The number of rotatable bonds is 6. The first-order valence-corrected chi connectivity index (χ1v) is 11.8. The summed E-state index contributed by atoms with van der Waals surface area (Å²) in [5, 5.41) is 10.7. The van der Waals surface area contributed by atoms with Crippen molar-refractivity contribution in [1.29, 1.82) is 5.26 Å². The van der Waals surface area contributed by atoms with Crippen LogP contribution < -0.4 is 0 Å². The van der Waals surface area contributed by atoms with Crippen LogP contribution in [0.3, 0.4) is 0 Å². The number of nitriles is 1. The number of carbonyl (C=O) groups excluding carboxylic acids is 1. The third kappa shape index (κ3) is 4.79. The van der Waals surface area contributed by atoms with Crippen molar-refractivity contribution in [1.82, 2.24) is 0 Å². The number of hydrogen-bond donors (Lipinski definition) is 0. The second-order valence-corrected chi connectivity index (χ2v) is 9.64. The van der Waals surface area contributed by atoms with Crippen LogP contribution in [-0.4, -0.2) is 18.8 Å². The lowest BCUT2D eigenvalue weighted by atomic mass is 9.96. The van der Waals surface area contributed by atoms with Gasteiger partial charge >= 0.3 is 5.97 Å². The second-order valence-electron chi connectivity index (χ2n) is 8.15. The minimum absolute atomic E-state index is 0.239. The molecule has 3 aromatic rings. The molecule has 2 heterocycles. The second kappa shape index (κ2) is 9.72. The van der Waals surface area contributed by atoms with Crippen LogP contribution in [0.4, 0.5) is 5.00 Å². The van der Waals surface area contributed by atoms with Crippen molar-refractivity contribution in [2.45, 2.75) is 39.5 Å². The van der Waals surface area contributed by atoms with E-state index in [4.69, 9.17) is 20.8 Å². The SMILES string of the molecule is CC(C)COC(=O)c1cc(-c2ccc(C=Nc3sc4c(c3C#N)CCCC4)o2)ccc1Cl. The molecule has 0 bridgehead atoms. The third-order valence-corrected chi connectivity index (χ3v) is 6.75. The molecule has 32 heavy (non-hydrogen) atoms. The number of thiophene rings is 1. The first kappa shape index (κ1) is 22.3. The Morgan fingerprint density at radius 1 is 1.31 bits per heavy atom. The molecule has 2 aromatic heterocycles. The summed E-state index contributed by atoms with van der Waals surface area (Å²) >= 11 is 7.80. The van der Waals surface area contributed by atoms with Crippen LogP contribution in [0.5, 0.6) is 0 Å². The average Bonchev–Trinajstić information content (AvgIpc) is 3.40. The van der Waals surface area contributed by atoms with Gasteiger partial charge in [-0.1, -0.05) is 25.4 Å². The number of esters is 1. The van der Waals surface area contributed by atoms with Gasteiger partial charge in [0.15, 0.2) is 0 Å². The molecule has 0 unspecified atom stereocenters. The monoisotopic (exact) mass is 466 g/mol. The lowest BCUT2D eigenvalue weighted by Crippen LogP contribution is -2.10. The highest BCUT2D eigenvalue weighted by Gasteiger charge is 2.20. The van der Waals surface area contributed by atoms with E-state index in [0.29, 0.717) is 34.3 Å². The number of ether oxygens (including phenoxy) is 1. The lowest BCUT2D eigenvalue weighted by molar-refractivity contribution is 0.0459. The molecule has 0 aliphatic heterocycles. The van der Waals surface area contributed by atoms with E-state index in [1.807, 2.05) is 26.0 Å². The van der Waals surface area contributed by atoms with Crippen molar-refractivity contribution in [2.75, 3.05) is 6.61 Å². The minimum atomic E-state index is -0.454. The molecule has 0 amide bonds. The molecular weight excluding hydrogens is 444 g/mol. The Kier molecular flexibility index (Phi) is 6.78. The Morgan fingerprint density at radius 3 is 2.91 bits per heavy atom. The number of halogens is 1. The fourth-order valence-corrected chi connectivity index (χ4v) is 4.99. The summed E-state index contributed by atoms with van der Waals surface area (Å²) in [4.78, 5) is 18.2. The number of aliphatic imine (C=N–C) groups is 1. The molecule has 5 nitrogen and oxygen atoms in total. The van der Waals surface area contributed by atoms with Crippen LogP contribution in [0.1, 0.15) is 58.8 Å². The Morgan fingerprint density at radius 2 is 2.12 bits per heavy atom. The summed E-state index contributed by atoms with van der Waals surface area (Å²) in [7, 11) is 0. The first-order chi connectivity index (χ1) is 15.5. The first-order valence-electron chi connectivity index (χ1n) is 10.6. The van der Waals surface area contributed by atoms with Gasteiger partial charge in [0.25, 0.3) is 0 Å². The van der Waals surface area contributed by atoms with Gasteiger partial charge < -0.3 is 9.15 Å². The molecule has 0 spiro atoms. The highest BCUT2D eigenvalue weighted by molar-refractivity contribution is 7.16. The van der Waals surface area contributed by atoms with Crippen molar-refractivity contribution >= 4 is 40.1 Å². The van der Waals surface area contributed by atoms with Crippen molar-refractivity contribution in [3.05, 3.63) is 62.7 Å². The predicted octanol–water partition coefficient (Wildman–Crippen LogP) is 6.98. The third-order valence-electron chi connectivity index (χ3n) is 5.22. The maximum Gasteiger partial charge on any atom is 0.339 e. The summed E-state index contributed by atoms with van der Waals surface area (Å²) < 4.78 is 11.2. The van der Waals surface area contributed by atoms with Crippen molar-refractivity contribution in [3.8, 4) is 17.4 Å². The van der Waals surface area contributed by atoms with E-state index in [1.54, 1.807) is 35.8 Å². The Hall–Kier alpha value is -2.88. The Bertz CT molecular complexity index is 1220. The zero-order chi connectivity index (χ0) is 22.7. The van der Waals surface area contributed by atoms with Gasteiger partial charge in [-0.3, -0.25) is 0 Å². The number of hydrogen-bond acceptors (Lipinski definition) is 6. The largest absolute Gasteiger partial charge is 0.462 e. The number of nitrogens with zero attached hydrogens (tertiary/aromatic N) is 2. The summed E-state index contributed by atoms with van der Waals surface area (Å²) in [6, 6.07) is 11.1. The highest BCUT2D eigenvalue weighted by atomic mass is 35.5. The molecule has 0 saturated carbocycles. The number of aryl methyl sites for hydroxylation is 1. The average molecular weight is 467 g/mol. The van der Waals surface area contributed by atoms with E-state index in [2.05, 4.69) is 11.1 Å². The van der Waals surface area contributed by atoms with Gasteiger partial charge in [-0.15, -0.1) is 11.3 Å². The molecule has 164 valence electrons. The van der Waals surface area contributed by atoms with Crippen molar-refractivity contribution in [3.63, 3.8) is 0 Å². The molecule has 7 heteroatoms. The summed E-state index contributed by atoms with van der Waals surface area (Å²) in [5.74, 6) is 0.939. The van der Waals surface area contributed by atoms with Gasteiger partial charge in [0.2, 0.25) is 0 Å². The summed E-state index contributed by atoms with van der Waals surface area (Å²) in [5.41, 5.74) is 2.87. The number of furan rings is 1. The van der Waals surface area contributed by atoms with Crippen LogP contribution in [0.25, 0.3) is 11.3 Å². The zero-order valence-electron chi connectivity index (χ0n) is 18.0. The topological polar surface area (TPSA) is 75.6 Å². The Balaban J connectivity index is 1.55. The fourth-order valence-electron chi connectivity index (χ4n) is 3.61. The van der Waals surface area contributed by atoms with E-state index >= 15 is 0 Å². The number of fused-ring (bicyclic) bond motifs is 1. The molecule has 0 fully saturated rings. The summed E-state index contributed by atoms with van der Waals surface area (Å²) in [6.45, 7) is 4.28. The van der Waals surface area contributed by atoms with E-state index in [9.17, 15) is 10.1 Å². The predicted molar refractivity (Wildman–Crippen MR) is 127 cm³/mol. The van der Waals surface area contributed by atoms with E-state index in [0.717, 1.165) is 41.8 Å². The van der Waals surface area contributed by atoms with Crippen LogP contribution in [0.15, 0.2) is 39.7 Å². The van der Waals surface area contributed by atoms with Crippen LogP contribution >= 0.6 is 22.9 Å².